The van der Waals surface area contributed by atoms with Crippen LogP contribution >= 0.6 is 23.2 Å². The molecule has 3 heterocycles. The van der Waals surface area contributed by atoms with Gasteiger partial charge in [0.25, 0.3) is 5.91 Å². The third kappa shape index (κ3) is 5.64. The van der Waals surface area contributed by atoms with E-state index in [0.29, 0.717) is 0 Å². The summed E-state index contributed by atoms with van der Waals surface area (Å²) in [5.74, 6) is -2.60. The second-order valence-corrected chi connectivity index (χ2v) is 12.7. The quantitative estimate of drug-likeness (QED) is 0.296. The Kier molecular flexibility index (Phi) is 8.11. The van der Waals surface area contributed by atoms with E-state index in [1.807, 2.05) is 37.3 Å². The molecule has 2 atom stereocenters. The highest BCUT2D eigenvalue weighted by atomic mass is 35.5. The van der Waals surface area contributed by atoms with Crippen LogP contribution in [0.4, 0.5) is 13.2 Å². The van der Waals surface area contributed by atoms with Gasteiger partial charge in [0, 0.05) is 24.4 Å². The van der Waals surface area contributed by atoms with Crippen molar-refractivity contribution in [3.05, 3.63) is 81.4 Å². The van der Waals surface area contributed by atoms with E-state index in [-0.39, 0.29) is 54.3 Å². The fourth-order valence-electron chi connectivity index (χ4n) is 6.33. The van der Waals surface area contributed by atoms with Crippen LogP contribution in [-0.4, -0.2) is 55.0 Å². The average molecular weight is 637 g/mol. The number of carbonyl (C=O) groups is 3. The molecule has 13 heteroatoms. The number of halogens is 5. The molecule has 1 amide bonds. The number of hydrogen-bond donors (Lipinski definition) is 1. The van der Waals surface area contributed by atoms with E-state index in [2.05, 4.69) is 10.1 Å². The van der Waals surface area contributed by atoms with Gasteiger partial charge in [-0.15, -0.1) is 0 Å². The Labute approximate surface area is 255 Å². The largest absolute Gasteiger partial charge is 0.481 e. The molecular weight excluding hydrogens is 608 g/mol. The number of hydrogen-bond acceptors (Lipinski definition) is 5. The smallest absolute Gasteiger partial charge is 0.433 e. The first-order valence-electron chi connectivity index (χ1n) is 13.7. The van der Waals surface area contributed by atoms with Crippen LogP contribution in [0.1, 0.15) is 84.0 Å². The first kappa shape index (κ1) is 31.0. The predicted octanol–water partition coefficient (Wildman–Crippen LogP) is 6.87. The van der Waals surface area contributed by atoms with Crippen LogP contribution in [0.2, 0.25) is 10.0 Å². The molecule has 1 N–H and O–H groups in total. The van der Waals surface area contributed by atoms with Crippen LogP contribution in [0.15, 0.2) is 48.9 Å². The zero-order chi connectivity index (χ0) is 31.3. The van der Waals surface area contributed by atoms with Crippen molar-refractivity contribution in [1.82, 2.24) is 19.7 Å². The molecule has 1 aromatic carbocycles. The Hall–Kier alpha value is -3.44. The summed E-state index contributed by atoms with van der Waals surface area (Å²) in [7, 11) is 0. The van der Waals surface area contributed by atoms with Crippen molar-refractivity contribution in [3.8, 4) is 0 Å². The molecule has 43 heavy (non-hydrogen) atoms. The number of carboxylic acids is 1. The minimum Gasteiger partial charge on any atom is -0.481 e. The van der Waals surface area contributed by atoms with E-state index in [4.69, 9.17) is 23.2 Å². The number of pyridine rings is 1. The topological polar surface area (TPSA) is 105 Å². The molecule has 5 rings (SSSR count). The van der Waals surface area contributed by atoms with Crippen LogP contribution in [0, 0.1) is 5.41 Å². The lowest BCUT2D eigenvalue weighted by atomic mass is 9.74. The van der Waals surface area contributed by atoms with Gasteiger partial charge in [0.1, 0.15) is 0 Å². The van der Waals surface area contributed by atoms with Gasteiger partial charge in [-0.2, -0.15) is 18.3 Å². The molecule has 228 valence electrons. The van der Waals surface area contributed by atoms with Gasteiger partial charge in [0.05, 0.1) is 44.9 Å². The molecule has 0 radical (unpaired) electrons. The van der Waals surface area contributed by atoms with Gasteiger partial charge in [-0.05, 0) is 44.6 Å². The van der Waals surface area contributed by atoms with Gasteiger partial charge >= 0.3 is 12.1 Å². The van der Waals surface area contributed by atoms with Crippen LogP contribution in [0.5, 0.6) is 0 Å². The maximum absolute atomic E-state index is 14.6. The maximum Gasteiger partial charge on any atom is 0.433 e. The predicted molar refractivity (Wildman–Crippen MR) is 152 cm³/mol. The lowest BCUT2D eigenvalue weighted by Crippen LogP contribution is -2.42. The number of rotatable bonds is 6. The van der Waals surface area contributed by atoms with Crippen LogP contribution < -0.4 is 0 Å². The van der Waals surface area contributed by atoms with Crippen LogP contribution in [-0.2, 0) is 16.4 Å². The van der Waals surface area contributed by atoms with Crippen molar-refractivity contribution in [1.29, 1.82) is 0 Å². The summed E-state index contributed by atoms with van der Waals surface area (Å²) in [6, 6.07) is 7.20. The summed E-state index contributed by atoms with van der Waals surface area (Å²) in [6.07, 6.45) is -0.835. The van der Waals surface area contributed by atoms with Crippen LogP contribution in [0.25, 0.3) is 0 Å². The summed E-state index contributed by atoms with van der Waals surface area (Å²) in [6.45, 7) is 3.38. The Balaban J connectivity index is 1.55. The maximum atomic E-state index is 14.6. The number of ketones is 1. The molecule has 0 spiro atoms. The summed E-state index contributed by atoms with van der Waals surface area (Å²) < 4.78 is 44.7. The molecule has 2 fully saturated rings. The van der Waals surface area contributed by atoms with Crippen molar-refractivity contribution >= 4 is 40.9 Å². The molecule has 8 nitrogen and oxygen atoms in total. The van der Waals surface area contributed by atoms with Gasteiger partial charge in [0.2, 0.25) is 0 Å². The number of amides is 1. The average Bonchev–Trinajstić information content (AvgIpc) is 3.56. The standard InChI is InChI=1S/C30H29Cl2F3N4O4/c1-28(27(42)43)10-8-18(9-11-28)39-25(30(33,34)35)19(13-37-39)26(41)38-16-29(2,17-6-4-3-5-7-17)12-22(38)24(40)23-20(31)14-36-15-21(23)32/h3-7,13-15,18,22H,8-12,16H2,1-2H3,(H,42,43)/t18?,22-,28?,29?/m0/s1. The number of nitrogens with zero attached hydrogens (tertiary/aromatic N) is 4. The molecule has 0 bridgehead atoms. The van der Waals surface area contributed by atoms with E-state index in [0.717, 1.165) is 21.3 Å². The number of likely N-dealkylation sites (tertiary alicyclic amines) is 1. The number of carbonyl (C=O) groups excluding carboxylic acids is 2. The lowest BCUT2D eigenvalue weighted by molar-refractivity contribution is -0.152. The lowest BCUT2D eigenvalue weighted by Gasteiger charge is -2.34. The molecular formula is C30H29Cl2F3N4O4. The normalized spacial score (nSPS) is 26.0. The number of aliphatic carboxylic acids is 1. The SMILES string of the molecule is CC1(C(=O)O)CCC(n2ncc(C(=O)N3CC(C)(c4ccccc4)C[C@H]3C(=O)c3c(Cl)cncc3Cl)c2C(F)(F)F)CC1. The number of benzene rings is 1. The first-order valence-corrected chi connectivity index (χ1v) is 14.5. The zero-order valence-electron chi connectivity index (χ0n) is 23.4. The van der Waals surface area contributed by atoms with Gasteiger partial charge in [0.15, 0.2) is 11.5 Å². The molecule has 3 aromatic rings. The van der Waals surface area contributed by atoms with Crippen molar-refractivity contribution in [3.63, 3.8) is 0 Å². The Morgan fingerprint density at radius 3 is 2.16 bits per heavy atom. The number of carboxylic acid groups (broad SMARTS) is 1. The van der Waals surface area contributed by atoms with Gasteiger partial charge in [-0.1, -0.05) is 60.5 Å². The fraction of sp³-hybridized carbons (Fsp3) is 0.433. The molecule has 1 saturated heterocycles. The first-order chi connectivity index (χ1) is 20.2. The molecule has 1 saturated carbocycles. The van der Waals surface area contributed by atoms with Crippen molar-refractivity contribution in [2.45, 2.75) is 69.6 Å². The summed E-state index contributed by atoms with van der Waals surface area (Å²) in [5, 5.41) is 13.5. The third-order valence-electron chi connectivity index (χ3n) is 8.89. The van der Waals surface area contributed by atoms with Crippen molar-refractivity contribution < 1.29 is 32.7 Å². The summed E-state index contributed by atoms with van der Waals surface area (Å²) in [4.78, 5) is 44.7. The molecule has 2 aliphatic rings. The molecule has 1 unspecified atom stereocenters. The Bertz CT molecular complexity index is 1550. The minimum atomic E-state index is -4.95. The fourth-order valence-corrected chi connectivity index (χ4v) is 6.88. The van der Waals surface area contributed by atoms with Gasteiger partial charge in [-0.25, -0.2) is 0 Å². The highest BCUT2D eigenvalue weighted by Crippen LogP contribution is 2.45. The molecule has 1 aliphatic carbocycles. The van der Waals surface area contributed by atoms with Gasteiger partial charge in [-0.3, -0.25) is 24.0 Å². The van der Waals surface area contributed by atoms with E-state index < -0.39 is 58.0 Å². The number of aromatic nitrogens is 3. The zero-order valence-corrected chi connectivity index (χ0v) is 24.9. The molecule has 1 aliphatic heterocycles. The van der Waals surface area contributed by atoms with Crippen LogP contribution in [0.3, 0.4) is 0 Å². The Morgan fingerprint density at radius 1 is 1.00 bits per heavy atom. The molecule has 2 aromatic heterocycles. The minimum absolute atomic E-state index is 0.0346. The summed E-state index contributed by atoms with van der Waals surface area (Å²) in [5.41, 5.74) is -2.97. The van der Waals surface area contributed by atoms with Crippen molar-refractivity contribution in [2.24, 2.45) is 5.41 Å². The monoisotopic (exact) mass is 636 g/mol. The van der Waals surface area contributed by atoms with Gasteiger partial charge < -0.3 is 10.0 Å². The van der Waals surface area contributed by atoms with Crippen molar-refractivity contribution in [2.75, 3.05) is 6.54 Å². The Morgan fingerprint density at radius 2 is 1.60 bits per heavy atom. The van der Waals surface area contributed by atoms with E-state index in [9.17, 15) is 32.7 Å². The highest BCUT2D eigenvalue weighted by Gasteiger charge is 2.51. The third-order valence-corrected chi connectivity index (χ3v) is 9.46. The second kappa shape index (κ2) is 11.2. The summed E-state index contributed by atoms with van der Waals surface area (Å²) >= 11 is 12.6. The van der Waals surface area contributed by atoms with E-state index in [1.54, 1.807) is 6.92 Å². The van der Waals surface area contributed by atoms with E-state index >= 15 is 0 Å². The van der Waals surface area contributed by atoms with E-state index in [1.165, 1.54) is 12.4 Å². The highest BCUT2D eigenvalue weighted by molar-refractivity contribution is 6.40. The second-order valence-electron chi connectivity index (χ2n) is 11.9. The number of alkyl halides is 3. The number of Topliss-reactive ketones (excluding diaryl/α,β-unsaturated/α-hetero) is 1.